The molecule has 2 amide bonds. The van der Waals surface area contributed by atoms with Gasteiger partial charge in [0.15, 0.2) is 11.9 Å². The summed E-state index contributed by atoms with van der Waals surface area (Å²) in [6, 6.07) is 5.04. The highest BCUT2D eigenvalue weighted by Gasteiger charge is 2.30. The van der Waals surface area contributed by atoms with Crippen molar-refractivity contribution in [3.63, 3.8) is 0 Å². The maximum atomic E-state index is 12.6. The van der Waals surface area contributed by atoms with Crippen molar-refractivity contribution in [2.75, 3.05) is 25.0 Å². The van der Waals surface area contributed by atoms with Gasteiger partial charge >= 0.3 is 0 Å². The van der Waals surface area contributed by atoms with Gasteiger partial charge in [0.1, 0.15) is 5.75 Å². The number of hydrogen-bond donors (Lipinski definition) is 0. The molecule has 0 aromatic heterocycles. The number of Topliss-reactive ketones (excluding diaryl/α,β-unsaturated/α-hetero) is 1. The van der Waals surface area contributed by atoms with Crippen molar-refractivity contribution in [3.8, 4) is 5.75 Å². The fourth-order valence-corrected chi connectivity index (χ4v) is 3.59. The Hall–Kier alpha value is -2.41. The molecule has 0 saturated carbocycles. The van der Waals surface area contributed by atoms with Crippen LogP contribution in [0.3, 0.4) is 0 Å². The molecule has 0 radical (unpaired) electrons. The molecular weight excluding hydrogens is 348 g/mol. The molecule has 7 heteroatoms. The molecule has 3 rings (SSSR count). The Bertz CT molecular complexity index is 753. The molecular formula is C20H26N2O5. The molecule has 0 N–H and O–H groups in total. The van der Waals surface area contributed by atoms with E-state index < -0.39 is 6.10 Å². The number of morpholine rings is 1. The van der Waals surface area contributed by atoms with Gasteiger partial charge < -0.3 is 19.3 Å². The lowest BCUT2D eigenvalue weighted by Crippen LogP contribution is -2.48. The van der Waals surface area contributed by atoms with Crippen molar-refractivity contribution in [2.45, 2.75) is 51.9 Å². The van der Waals surface area contributed by atoms with E-state index in [1.807, 2.05) is 13.8 Å². The highest BCUT2D eigenvalue weighted by Crippen LogP contribution is 2.34. The van der Waals surface area contributed by atoms with Crippen LogP contribution in [0.25, 0.3) is 0 Å². The molecule has 27 heavy (non-hydrogen) atoms. The normalized spacial score (nSPS) is 25.0. The zero-order chi connectivity index (χ0) is 19.7. The smallest absolute Gasteiger partial charge is 0.267 e. The number of amides is 2. The van der Waals surface area contributed by atoms with Gasteiger partial charge in [-0.15, -0.1) is 0 Å². The number of likely N-dealkylation sites (N-methyl/N-ethyl adjacent to an activating group) is 1. The maximum absolute atomic E-state index is 12.6. The van der Waals surface area contributed by atoms with Crippen LogP contribution in [0.2, 0.25) is 0 Å². The van der Waals surface area contributed by atoms with E-state index in [9.17, 15) is 14.4 Å². The second-order valence-electron chi connectivity index (χ2n) is 7.32. The zero-order valence-corrected chi connectivity index (χ0v) is 16.2. The lowest BCUT2D eigenvalue weighted by atomic mass is 10.0. The van der Waals surface area contributed by atoms with Gasteiger partial charge in [-0.05, 0) is 39.0 Å². The van der Waals surface area contributed by atoms with Crippen LogP contribution in [0.15, 0.2) is 18.2 Å². The first-order valence-electron chi connectivity index (χ1n) is 9.31. The molecule has 7 nitrogen and oxygen atoms in total. The molecule has 2 aliphatic heterocycles. The molecule has 0 spiro atoms. The summed E-state index contributed by atoms with van der Waals surface area (Å²) in [6.07, 6.45) is -0.237. The molecule has 3 unspecified atom stereocenters. The summed E-state index contributed by atoms with van der Waals surface area (Å²) in [5.74, 6) is 0.263. The molecule has 1 aromatic rings. The average Bonchev–Trinajstić information content (AvgIpc) is 2.63. The first-order chi connectivity index (χ1) is 12.8. The minimum atomic E-state index is -0.542. The van der Waals surface area contributed by atoms with Gasteiger partial charge in [-0.25, -0.2) is 0 Å². The van der Waals surface area contributed by atoms with Crippen LogP contribution in [-0.2, 0) is 14.3 Å². The van der Waals surface area contributed by atoms with Crippen molar-refractivity contribution >= 4 is 23.3 Å². The monoisotopic (exact) mass is 374 g/mol. The summed E-state index contributed by atoms with van der Waals surface area (Å²) in [5.41, 5.74) is 1.05. The highest BCUT2D eigenvalue weighted by atomic mass is 16.5. The van der Waals surface area contributed by atoms with E-state index >= 15 is 0 Å². The van der Waals surface area contributed by atoms with Crippen LogP contribution < -0.4 is 9.64 Å². The lowest BCUT2D eigenvalue weighted by Gasteiger charge is -2.35. The Morgan fingerprint density at radius 2 is 1.78 bits per heavy atom. The summed E-state index contributed by atoms with van der Waals surface area (Å²) in [5, 5.41) is 0. The van der Waals surface area contributed by atoms with Gasteiger partial charge in [0, 0.05) is 38.5 Å². The highest BCUT2D eigenvalue weighted by molar-refractivity contribution is 6.03. The molecule has 0 bridgehead atoms. The van der Waals surface area contributed by atoms with Gasteiger partial charge in [-0.1, -0.05) is 0 Å². The second-order valence-corrected chi connectivity index (χ2v) is 7.32. The largest absolute Gasteiger partial charge is 0.479 e. The predicted octanol–water partition coefficient (Wildman–Crippen LogP) is 2.03. The number of carbonyl (C=O) groups is 3. The third kappa shape index (κ3) is 4.13. The van der Waals surface area contributed by atoms with E-state index in [2.05, 4.69) is 0 Å². The summed E-state index contributed by atoms with van der Waals surface area (Å²) in [6.45, 7) is 6.68. The summed E-state index contributed by atoms with van der Waals surface area (Å²) < 4.78 is 11.2. The molecule has 1 saturated heterocycles. The Morgan fingerprint density at radius 3 is 2.44 bits per heavy atom. The van der Waals surface area contributed by atoms with E-state index in [0.29, 0.717) is 30.1 Å². The number of nitrogens with zero attached hydrogens (tertiary/aromatic N) is 2. The molecule has 1 fully saturated rings. The summed E-state index contributed by atoms with van der Waals surface area (Å²) in [7, 11) is 1.67. The SMILES string of the molecule is CC1CN(C(=O)CCC(=O)c2ccc3c(c2)N(C)C(=O)C(C)O3)CC(C)O1. The number of fused-ring (bicyclic) bond motifs is 1. The van der Waals surface area contributed by atoms with Crippen LogP contribution in [-0.4, -0.2) is 60.9 Å². The summed E-state index contributed by atoms with van der Waals surface area (Å²) in [4.78, 5) is 40.3. The quantitative estimate of drug-likeness (QED) is 0.754. The van der Waals surface area contributed by atoms with Crippen LogP contribution in [0, 0.1) is 0 Å². The van der Waals surface area contributed by atoms with E-state index in [4.69, 9.17) is 9.47 Å². The van der Waals surface area contributed by atoms with Gasteiger partial charge in [-0.3, -0.25) is 14.4 Å². The third-order valence-corrected chi connectivity index (χ3v) is 4.96. The van der Waals surface area contributed by atoms with Crippen LogP contribution in [0.5, 0.6) is 5.75 Å². The first-order valence-corrected chi connectivity index (χ1v) is 9.31. The number of rotatable bonds is 4. The number of ketones is 1. The fraction of sp³-hybridized carbons (Fsp3) is 0.550. The standard InChI is InChI=1S/C20H26N2O5/c1-12-10-22(11-13(2)26-12)19(24)8-6-17(23)15-5-7-18-16(9-15)21(4)20(25)14(3)27-18/h5,7,9,12-14H,6,8,10-11H2,1-4H3. The van der Waals surface area contributed by atoms with E-state index in [1.165, 1.54) is 4.90 Å². The lowest BCUT2D eigenvalue weighted by molar-refractivity contribution is -0.143. The van der Waals surface area contributed by atoms with Gasteiger partial charge in [-0.2, -0.15) is 0 Å². The Labute approximate surface area is 159 Å². The van der Waals surface area contributed by atoms with Crippen LogP contribution in [0.1, 0.15) is 44.0 Å². The first kappa shape index (κ1) is 19.4. The average molecular weight is 374 g/mol. The number of benzene rings is 1. The van der Waals surface area contributed by atoms with Crippen molar-refractivity contribution in [3.05, 3.63) is 23.8 Å². The molecule has 1 aromatic carbocycles. The Kier molecular flexibility index (Phi) is 5.51. The number of hydrogen-bond acceptors (Lipinski definition) is 5. The maximum Gasteiger partial charge on any atom is 0.267 e. The number of ether oxygens (including phenoxy) is 2. The molecule has 2 heterocycles. The van der Waals surface area contributed by atoms with Crippen LogP contribution in [0.4, 0.5) is 5.69 Å². The summed E-state index contributed by atoms with van der Waals surface area (Å²) >= 11 is 0. The van der Waals surface area contributed by atoms with Gasteiger partial charge in [0.25, 0.3) is 5.91 Å². The van der Waals surface area contributed by atoms with E-state index in [1.54, 1.807) is 37.1 Å². The Morgan fingerprint density at radius 1 is 1.11 bits per heavy atom. The van der Waals surface area contributed by atoms with E-state index in [-0.39, 0.29) is 42.6 Å². The minimum absolute atomic E-state index is 0.00418. The number of anilines is 1. The number of carbonyl (C=O) groups excluding carboxylic acids is 3. The van der Waals surface area contributed by atoms with Crippen molar-refractivity contribution in [1.82, 2.24) is 4.90 Å². The Balaban J connectivity index is 1.63. The van der Waals surface area contributed by atoms with Crippen molar-refractivity contribution in [2.24, 2.45) is 0 Å². The molecule has 2 aliphatic rings. The topological polar surface area (TPSA) is 76.2 Å². The zero-order valence-electron chi connectivity index (χ0n) is 16.2. The van der Waals surface area contributed by atoms with E-state index in [0.717, 1.165) is 0 Å². The second kappa shape index (κ2) is 7.68. The van der Waals surface area contributed by atoms with Crippen molar-refractivity contribution < 1.29 is 23.9 Å². The minimum Gasteiger partial charge on any atom is -0.479 e. The third-order valence-electron chi connectivity index (χ3n) is 4.96. The predicted molar refractivity (Wildman–Crippen MR) is 100 cm³/mol. The molecule has 146 valence electrons. The van der Waals surface area contributed by atoms with Crippen molar-refractivity contribution in [1.29, 1.82) is 0 Å². The molecule has 3 atom stereocenters. The van der Waals surface area contributed by atoms with Gasteiger partial charge in [0.05, 0.1) is 17.9 Å². The van der Waals surface area contributed by atoms with Crippen LogP contribution >= 0.6 is 0 Å². The van der Waals surface area contributed by atoms with Gasteiger partial charge in [0.2, 0.25) is 5.91 Å². The molecule has 0 aliphatic carbocycles. The fourth-order valence-electron chi connectivity index (χ4n) is 3.59.